The second-order valence-corrected chi connectivity index (χ2v) is 31.9. The number of aliphatic carboxylic acids is 2. The number of carboxylic acids is 2. The molecule has 0 aromatic heterocycles. The summed E-state index contributed by atoms with van der Waals surface area (Å²) < 4.78 is 488. The fourth-order valence-electron chi connectivity index (χ4n) is 9.91. The summed E-state index contributed by atoms with van der Waals surface area (Å²) in [6, 6.07) is 0. The number of hydrogen-bond acceptors (Lipinski definition) is 48. The SMILES string of the molecule is CO[C@H]1O[C@H](COS(=O)(=O)O)[C@@H](O[C@@H]2O[C@@H](C(=O)O)[C@@H](O[C@H]3O[C@H](COS(=O)(=O)O)[C@@H](O[C@@H]4O[C@H](C(=O)O)[C@@H](O[C@H]5O[C@H](COS(=O)(=O)O)[C@@H](O)[C@H](OS(=O)(=O)O)[C@H]5OS(=O)(=O)O)[C@H](OC)[C@H]4OS(=O)(=O)O)[C@H](OS(=O)(=O)O)[C@H]3OS(=O)(=O)O)[C@H](OC)[C@H]2OS(=O)(=O)O)[C@H](OS(=O)(=O)O)[C@H]1OS(=O)(=O)O. The maximum atomic E-state index is 13.4. The third-order valence-electron chi connectivity index (χ3n) is 13.2. The van der Waals surface area contributed by atoms with Crippen LogP contribution in [-0.2, 0) is 227 Å². The molecule has 25 atom stereocenters. The normalized spacial score (nSPS) is 35.6. The van der Waals surface area contributed by atoms with Crippen LogP contribution in [0.3, 0.4) is 0 Å². The molecule has 0 saturated carbocycles. The molecular weight excluding hydrogens is 1730 g/mol. The standard InChI is InChI=1S/C33H54O61S11/c1-72-14-16(83-30-22(90-101(57,58)59)13(87-98(48,49)50)10(34)7(78-30)4-75-95(39,40)41)20(27(35)36)85-33(23(14)91-102(60,61)62)82-12-9(6-77-97(45,46)47)80-31(26(94-105(69,70)71)19(12)89-100(54,55)56)84-17-15(73-2)24(92-103(63,64)65)32(86-21(17)28(37)38)81-11-8(5-76-96(42,43)44)79-29(74-3)25(93-104(66,67)68)18(11)88-99(51,52)53/h7-26,29-34H,4-6H2,1-3H3,(H,35,36)(H,37,38)(H,39,40,41)(H,42,43,44)(H,45,46,47)(H,48,49,50)(H,51,52,53)(H,54,55,56)(H,57,58,59)(H,60,61,62)(H,63,64,65)(H,66,67,68)(H,69,70,71)/t7-,8-,9-,10-,11-,12-,13+,14+,15+,16+,17+,18+,19+,20+,21-,22-,23-,24-,25-,26-,29+,30-,31-,32-,33-/m1/s1. The summed E-state index contributed by atoms with van der Waals surface area (Å²) in [5.74, 6) is -5.24. The molecule has 0 aromatic rings. The minimum atomic E-state index is -6.61. The second-order valence-electron chi connectivity index (χ2n) is 20.2. The van der Waals surface area contributed by atoms with Gasteiger partial charge in [-0.15, -0.1) is 0 Å². The molecular formula is C33H54O61S11. The molecule has 0 radical (unpaired) electrons. The Bertz CT molecular complexity index is 4360. The van der Waals surface area contributed by atoms with Gasteiger partial charge in [0.1, 0.15) is 79.4 Å². The molecule has 5 rings (SSSR count). The van der Waals surface area contributed by atoms with Gasteiger partial charge in [0.2, 0.25) is 0 Å². The first-order valence-corrected chi connectivity index (χ1v) is 41.0. The molecule has 618 valence electrons. The van der Waals surface area contributed by atoms with Gasteiger partial charge in [-0.3, -0.25) is 50.1 Å². The van der Waals surface area contributed by atoms with Gasteiger partial charge in [-0.05, 0) is 0 Å². The second kappa shape index (κ2) is 34.9. The molecule has 5 saturated heterocycles. The Labute approximate surface area is 588 Å². The lowest BCUT2D eigenvalue weighted by molar-refractivity contribution is -0.382. The van der Waals surface area contributed by atoms with Gasteiger partial charge in [0, 0.05) is 21.3 Å². The lowest BCUT2D eigenvalue weighted by Crippen LogP contribution is -2.70. The molecule has 61 nitrogen and oxygen atoms in total. The molecule has 0 aliphatic carbocycles. The van der Waals surface area contributed by atoms with E-state index >= 15 is 0 Å². The Balaban J connectivity index is 1.75. The average molecular weight is 1780 g/mol. The number of ether oxygens (including phenoxy) is 12. The Kier molecular flexibility index (Phi) is 30.8. The predicted octanol–water partition coefficient (Wildman–Crippen LogP) is -11.7. The van der Waals surface area contributed by atoms with Crippen LogP contribution in [0.15, 0.2) is 0 Å². The van der Waals surface area contributed by atoms with Crippen molar-refractivity contribution >= 4 is 126 Å². The van der Waals surface area contributed by atoms with Crippen molar-refractivity contribution in [3.8, 4) is 0 Å². The number of carboxylic acid groups (broad SMARTS) is 2. The van der Waals surface area contributed by atoms with Gasteiger partial charge < -0.3 is 72.2 Å². The Morgan fingerprint density at radius 3 is 0.752 bits per heavy atom. The van der Waals surface area contributed by atoms with E-state index in [1.54, 1.807) is 0 Å². The molecule has 5 aliphatic rings. The van der Waals surface area contributed by atoms with Crippen molar-refractivity contribution in [1.29, 1.82) is 0 Å². The van der Waals surface area contributed by atoms with Crippen LogP contribution in [0, 0.1) is 0 Å². The molecule has 0 aromatic carbocycles. The molecule has 5 aliphatic heterocycles. The van der Waals surface area contributed by atoms with E-state index in [2.05, 4.69) is 46.0 Å². The van der Waals surface area contributed by atoms with E-state index in [4.69, 9.17) is 56.8 Å². The van der Waals surface area contributed by atoms with Crippen molar-refractivity contribution in [2.45, 2.75) is 154 Å². The summed E-state index contributed by atoms with van der Waals surface area (Å²) in [6.07, 6.45) is -79.7. The summed E-state index contributed by atoms with van der Waals surface area (Å²) in [5.41, 5.74) is 0. The fraction of sp³-hybridized carbons (Fsp3) is 0.939. The molecule has 0 unspecified atom stereocenters. The summed E-state index contributed by atoms with van der Waals surface area (Å²) >= 11 is 0. The monoisotopic (exact) mass is 1780 g/mol. The minimum Gasteiger partial charge on any atom is -0.479 e. The maximum Gasteiger partial charge on any atom is 0.397 e. The molecule has 72 heteroatoms. The fourth-order valence-corrected chi connectivity index (χ4v) is 14.7. The quantitative estimate of drug-likeness (QED) is 0.0255. The van der Waals surface area contributed by atoms with Crippen LogP contribution >= 0.6 is 0 Å². The highest BCUT2D eigenvalue weighted by Gasteiger charge is 2.64. The number of aliphatic hydroxyl groups is 1. The van der Waals surface area contributed by atoms with Gasteiger partial charge in [0.15, 0.2) is 74.2 Å². The Hall–Kier alpha value is -3.01. The zero-order valence-corrected chi connectivity index (χ0v) is 59.5. The molecule has 0 amide bonds. The Morgan fingerprint density at radius 2 is 0.486 bits per heavy atom. The zero-order chi connectivity index (χ0) is 80.5. The largest absolute Gasteiger partial charge is 0.479 e. The number of aliphatic hydroxyl groups excluding tert-OH is 1. The molecule has 105 heavy (non-hydrogen) atoms. The molecule has 5 fully saturated rings. The smallest absolute Gasteiger partial charge is 0.397 e. The molecule has 0 bridgehead atoms. The highest BCUT2D eigenvalue weighted by molar-refractivity contribution is 7.83. The summed E-state index contributed by atoms with van der Waals surface area (Å²) in [6.45, 7) is -5.82. The van der Waals surface area contributed by atoms with Gasteiger partial charge in [-0.2, -0.15) is 92.6 Å². The van der Waals surface area contributed by atoms with Crippen molar-refractivity contribution in [2.24, 2.45) is 0 Å². The summed E-state index contributed by atoms with van der Waals surface area (Å²) in [7, 11) is -66.8. The van der Waals surface area contributed by atoms with Crippen LogP contribution in [-0.4, -0.2) is 365 Å². The zero-order valence-electron chi connectivity index (χ0n) is 50.5. The van der Waals surface area contributed by atoms with Gasteiger partial charge in [-0.1, -0.05) is 0 Å². The van der Waals surface area contributed by atoms with E-state index in [-0.39, 0.29) is 0 Å². The van der Waals surface area contributed by atoms with Gasteiger partial charge in [-0.25, -0.2) is 55.6 Å². The van der Waals surface area contributed by atoms with E-state index in [1.165, 1.54) is 0 Å². The van der Waals surface area contributed by atoms with Crippen LogP contribution in [0.25, 0.3) is 0 Å². The number of hydrogen-bond donors (Lipinski definition) is 14. The van der Waals surface area contributed by atoms with Crippen LogP contribution < -0.4 is 0 Å². The molecule has 0 spiro atoms. The van der Waals surface area contributed by atoms with E-state index in [0.29, 0.717) is 21.3 Å². The first kappa shape index (κ1) is 92.6. The van der Waals surface area contributed by atoms with Gasteiger partial charge in [0.25, 0.3) is 0 Å². The van der Waals surface area contributed by atoms with Crippen LogP contribution in [0.4, 0.5) is 0 Å². The van der Waals surface area contributed by atoms with Crippen molar-refractivity contribution < 1.29 is 270 Å². The first-order chi connectivity index (χ1) is 47.3. The summed E-state index contributed by atoms with van der Waals surface area (Å²) in [4.78, 5) is 26.6. The minimum absolute atomic E-state index is 0.332. The van der Waals surface area contributed by atoms with Gasteiger partial charge >= 0.3 is 126 Å². The predicted molar refractivity (Wildman–Crippen MR) is 297 cm³/mol. The highest BCUT2D eigenvalue weighted by Crippen LogP contribution is 2.42. The van der Waals surface area contributed by atoms with Crippen LogP contribution in [0.2, 0.25) is 0 Å². The Morgan fingerprint density at radius 1 is 0.267 bits per heavy atom. The first-order valence-electron chi connectivity index (χ1n) is 26.0. The van der Waals surface area contributed by atoms with E-state index < -0.39 is 300 Å². The topological polar surface area (TPSA) is 905 Å². The van der Waals surface area contributed by atoms with Crippen molar-refractivity contribution in [1.82, 2.24) is 0 Å². The number of carbonyl (C=O) groups is 2. The maximum absolute atomic E-state index is 13.4. The van der Waals surface area contributed by atoms with E-state index in [0.717, 1.165) is 0 Å². The van der Waals surface area contributed by atoms with Gasteiger partial charge in [0.05, 0.1) is 19.8 Å². The number of rotatable bonds is 38. The third-order valence-corrected chi connectivity index (χ3v) is 18.2. The number of methoxy groups -OCH3 is 3. The summed E-state index contributed by atoms with van der Waals surface area (Å²) in [5, 5.41) is 32.2. The average Bonchev–Trinajstić information content (AvgIpc) is 0.750. The van der Waals surface area contributed by atoms with E-state index in [1.807, 2.05) is 0 Å². The third kappa shape index (κ3) is 28.9. The van der Waals surface area contributed by atoms with Crippen molar-refractivity contribution in [3.05, 3.63) is 0 Å². The lowest BCUT2D eigenvalue weighted by Gasteiger charge is -2.50. The van der Waals surface area contributed by atoms with Crippen molar-refractivity contribution in [3.63, 3.8) is 0 Å². The highest BCUT2D eigenvalue weighted by atomic mass is 32.3. The van der Waals surface area contributed by atoms with E-state index in [9.17, 15) is 168 Å². The van der Waals surface area contributed by atoms with Crippen LogP contribution in [0.1, 0.15) is 0 Å². The van der Waals surface area contributed by atoms with Crippen LogP contribution in [0.5, 0.6) is 0 Å². The van der Waals surface area contributed by atoms with Crippen molar-refractivity contribution in [2.75, 3.05) is 41.2 Å². The molecule has 14 N–H and O–H groups in total. The lowest BCUT2D eigenvalue weighted by atomic mass is 9.95. The molecule has 5 heterocycles.